The molecule has 1 heterocycles. The van der Waals surface area contributed by atoms with Crippen molar-refractivity contribution >= 4 is 16.4 Å². The summed E-state index contributed by atoms with van der Waals surface area (Å²) in [5, 5.41) is 30.7. The van der Waals surface area contributed by atoms with E-state index in [-0.39, 0.29) is 19.6 Å². The van der Waals surface area contributed by atoms with Crippen molar-refractivity contribution in [2.45, 2.75) is 243 Å². The highest BCUT2D eigenvalue weighted by Crippen LogP contribution is 2.26. The number of unbranched alkanes of at least 4 members (excludes halogenated alkanes) is 22. The predicted molar refractivity (Wildman–Crippen MR) is 266 cm³/mol. The zero-order valence-electron chi connectivity index (χ0n) is 41.2. The summed E-state index contributed by atoms with van der Waals surface area (Å²) in [4.78, 5) is 12.9. The third-order valence-electron chi connectivity index (χ3n) is 11.7. The Kier molecular flexibility index (Phi) is 41.2. The molecule has 0 saturated carbocycles. The molecule has 13 heteroatoms. The van der Waals surface area contributed by atoms with Crippen LogP contribution in [0, 0.1) is 0 Å². The van der Waals surface area contributed by atoms with Crippen LogP contribution in [-0.2, 0) is 38.3 Å². The number of ether oxygens (including phenoxy) is 4. The molecule has 0 aromatic carbocycles. The lowest BCUT2D eigenvalue weighted by Gasteiger charge is -2.41. The van der Waals surface area contributed by atoms with E-state index >= 15 is 0 Å². The molecule has 66 heavy (non-hydrogen) atoms. The largest absolute Gasteiger partial charge is 0.457 e. The van der Waals surface area contributed by atoms with Crippen molar-refractivity contribution in [2.75, 3.05) is 26.4 Å². The molecule has 12 nitrogen and oxygen atoms in total. The fourth-order valence-electron chi connectivity index (χ4n) is 7.76. The van der Waals surface area contributed by atoms with E-state index in [1.807, 2.05) is 0 Å². The van der Waals surface area contributed by atoms with Gasteiger partial charge in [-0.2, -0.15) is 8.42 Å². The Morgan fingerprint density at radius 3 is 1.53 bits per heavy atom. The Morgan fingerprint density at radius 1 is 0.591 bits per heavy atom. The van der Waals surface area contributed by atoms with E-state index in [0.29, 0.717) is 13.0 Å². The third-order valence-corrected chi connectivity index (χ3v) is 12.1. The van der Waals surface area contributed by atoms with Crippen molar-refractivity contribution in [2.24, 2.45) is 0 Å². The number of aliphatic hydroxyl groups excluding tert-OH is 3. The predicted octanol–water partition coefficient (Wildman–Crippen LogP) is 12.1. The topological polar surface area (TPSA) is 178 Å². The summed E-state index contributed by atoms with van der Waals surface area (Å²) in [5.74, 6) is -0.405. The van der Waals surface area contributed by atoms with Crippen LogP contribution < -0.4 is 0 Å². The lowest BCUT2D eigenvalue weighted by atomic mass is 9.99. The number of rotatable bonds is 45. The van der Waals surface area contributed by atoms with E-state index < -0.39 is 59.8 Å². The first kappa shape index (κ1) is 61.8. The van der Waals surface area contributed by atoms with Gasteiger partial charge in [0.15, 0.2) is 6.29 Å². The minimum Gasteiger partial charge on any atom is -0.457 e. The summed E-state index contributed by atoms with van der Waals surface area (Å²) >= 11 is 0. The van der Waals surface area contributed by atoms with Crippen molar-refractivity contribution in [3.8, 4) is 0 Å². The van der Waals surface area contributed by atoms with Gasteiger partial charge in [-0.1, -0.05) is 203 Å². The molecular formula is C53H94O12S. The number of carbonyl (C=O) groups is 1. The minimum absolute atomic E-state index is 0.0340. The van der Waals surface area contributed by atoms with Crippen molar-refractivity contribution in [1.82, 2.24) is 0 Å². The number of esters is 1. The molecule has 1 rings (SSSR count). The molecule has 1 aliphatic rings. The van der Waals surface area contributed by atoms with Gasteiger partial charge >= 0.3 is 16.4 Å². The van der Waals surface area contributed by atoms with Gasteiger partial charge < -0.3 is 34.3 Å². The molecule has 1 saturated heterocycles. The van der Waals surface area contributed by atoms with Gasteiger partial charge in [-0.15, -0.1) is 0 Å². The maximum absolute atomic E-state index is 12.9. The summed E-state index contributed by atoms with van der Waals surface area (Å²) in [6.07, 6.45) is 46.8. The lowest BCUT2D eigenvalue weighted by molar-refractivity contribution is -0.301. The average Bonchev–Trinajstić information content (AvgIpc) is 3.29. The Labute approximate surface area is 401 Å². The average molecular weight is 955 g/mol. The first-order valence-corrected chi connectivity index (χ1v) is 27.4. The van der Waals surface area contributed by atoms with Gasteiger partial charge in [-0.3, -0.25) is 9.35 Å². The van der Waals surface area contributed by atoms with Crippen LogP contribution in [0.15, 0.2) is 60.8 Å². The van der Waals surface area contributed by atoms with E-state index in [0.717, 1.165) is 77.0 Å². The van der Waals surface area contributed by atoms with Crippen LogP contribution in [0.25, 0.3) is 0 Å². The van der Waals surface area contributed by atoms with Gasteiger partial charge in [0.2, 0.25) is 0 Å². The number of hydrogen-bond acceptors (Lipinski definition) is 11. The zero-order valence-corrected chi connectivity index (χ0v) is 42.1. The standard InChI is InChI=1S/C53H94O12S/c1-3-5-7-9-11-13-15-17-19-20-21-22-23-24-25-26-27-28-29-30-32-34-36-38-40-42-49(55)63-47(45-61-43-41-39-37-35-33-31-18-16-14-12-10-8-6-4-2)46-62-53-51(57)52(65-66(58,59)60)50(56)48(44-54)64-53/h5,7,11,13,17,19,21-22,24-25,47-48,50-54,56-57H,3-4,6,8-10,12,14-16,18,20,23,26-46H2,1-2H3,(H,58,59,60)/b7-5-,13-11-,19-17-,22-21-,25-24-. The second kappa shape index (κ2) is 44.0. The first-order valence-electron chi connectivity index (χ1n) is 26.0. The summed E-state index contributed by atoms with van der Waals surface area (Å²) < 4.78 is 59.2. The number of carbonyl (C=O) groups excluding carboxylic acids is 1. The molecule has 0 aromatic rings. The lowest BCUT2D eigenvalue weighted by Crippen LogP contribution is -2.60. The molecule has 0 aliphatic carbocycles. The maximum Gasteiger partial charge on any atom is 0.397 e. The van der Waals surface area contributed by atoms with E-state index in [9.17, 15) is 33.1 Å². The van der Waals surface area contributed by atoms with Crippen LogP contribution in [0.4, 0.5) is 0 Å². The summed E-state index contributed by atoms with van der Waals surface area (Å²) in [6, 6.07) is 0. The highest BCUT2D eigenvalue weighted by atomic mass is 32.3. The van der Waals surface area contributed by atoms with Gasteiger partial charge in [0, 0.05) is 13.0 Å². The molecule has 6 atom stereocenters. The second-order valence-electron chi connectivity index (χ2n) is 17.7. The van der Waals surface area contributed by atoms with Gasteiger partial charge in [0.25, 0.3) is 0 Å². The molecule has 0 aromatic heterocycles. The highest BCUT2D eigenvalue weighted by Gasteiger charge is 2.48. The van der Waals surface area contributed by atoms with Crippen molar-refractivity contribution in [1.29, 1.82) is 0 Å². The quantitative estimate of drug-likeness (QED) is 0.0197. The fraction of sp³-hybridized carbons (Fsp3) is 0.792. The molecular weight excluding hydrogens is 861 g/mol. The molecule has 1 fully saturated rings. The van der Waals surface area contributed by atoms with Crippen molar-refractivity contribution < 1.29 is 56.2 Å². The van der Waals surface area contributed by atoms with Crippen LogP contribution in [0.2, 0.25) is 0 Å². The Hall–Kier alpha value is -2.20. The molecule has 0 radical (unpaired) electrons. The Bertz CT molecular complexity index is 1380. The van der Waals surface area contributed by atoms with Crippen LogP contribution in [0.3, 0.4) is 0 Å². The smallest absolute Gasteiger partial charge is 0.397 e. The van der Waals surface area contributed by atoms with E-state index in [2.05, 4.69) is 78.8 Å². The van der Waals surface area contributed by atoms with Crippen LogP contribution in [0.5, 0.6) is 0 Å². The summed E-state index contributed by atoms with van der Waals surface area (Å²) in [5.41, 5.74) is 0. The first-order chi connectivity index (χ1) is 32.1. The third kappa shape index (κ3) is 36.8. The van der Waals surface area contributed by atoms with Crippen LogP contribution >= 0.6 is 0 Å². The second-order valence-corrected chi connectivity index (χ2v) is 18.8. The molecule has 384 valence electrons. The molecule has 4 N–H and O–H groups in total. The Balaban J connectivity index is 2.33. The number of hydrogen-bond donors (Lipinski definition) is 4. The molecule has 0 bridgehead atoms. The normalized spacial score (nSPS) is 20.0. The number of aliphatic hydroxyl groups is 3. The van der Waals surface area contributed by atoms with Crippen molar-refractivity contribution in [3.63, 3.8) is 0 Å². The van der Waals surface area contributed by atoms with E-state index in [1.54, 1.807) is 0 Å². The molecule has 0 amide bonds. The van der Waals surface area contributed by atoms with Gasteiger partial charge in [0.05, 0.1) is 19.8 Å². The van der Waals surface area contributed by atoms with Crippen LogP contribution in [0.1, 0.15) is 206 Å². The monoisotopic (exact) mass is 955 g/mol. The fourth-order valence-corrected chi connectivity index (χ4v) is 8.27. The molecule has 6 unspecified atom stereocenters. The minimum atomic E-state index is -5.07. The zero-order chi connectivity index (χ0) is 48.2. The van der Waals surface area contributed by atoms with E-state index in [1.165, 1.54) is 103 Å². The van der Waals surface area contributed by atoms with Crippen molar-refractivity contribution in [3.05, 3.63) is 60.8 Å². The molecule has 0 spiro atoms. The van der Waals surface area contributed by atoms with Gasteiger partial charge in [0.1, 0.15) is 30.5 Å². The van der Waals surface area contributed by atoms with Gasteiger partial charge in [-0.25, -0.2) is 4.18 Å². The van der Waals surface area contributed by atoms with Gasteiger partial charge in [-0.05, 0) is 57.8 Å². The number of allylic oxidation sites excluding steroid dienone is 10. The maximum atomic E-state index is 12.9. The van der Waals surface area contributed by atoms with E-state index in [4.69, 9.17) is 18.9 Å². The van der Waals surface area contributed by atoms with Crippen LogP contribution in [-0.4, -0.2) is 97.5 Å². The molecule has 1 aliphatic heterocycles. The Morgan fingerprint density at radius 2 is 1.05 bits per heavy atom. The summed E-state index contributed by atoms with van der Waals surface area (Å²) in [7, 11) is -5.07. The SMILES string of the molecule is CC/C=C\C/C=C\C/C=C\C/C=C\C/C=C\CCCCCCCCCCCC(=O)OC(COCCCCCCCCCCCCCCCC)COC1OC(CO)C(O)C(OS(=O)(=O)O)C1O. The summed E-state index contributed by atoms with van der Waals surface area (Å²) in [6.45, 7) is 3.89. The highest BCUT2D eigenvalue weighted by molar-refractivity contribution is 7.80.